The number of hydrogen-bond acceptors (Lipinski definition) is 5. The third-order valence-corrected chi connectivity index (χ3v) is 7.71. The number of piperazine rings is 1. The van der Waals surface area contributed by atoms with Crippen LogP contribution < -0.4 is 5.73 Å². The summed E-state index contributed by atoms with van der Waals surface area (Å²) in [4.78, 5) is 31.4. The number of likely N-dealkylation sites (tertiary alicyclic amines) is 3. The minimum Gasteiger partial charge on any atom is -0.330 e. The lowest BCUT2D eigenvalue weighted by molar-refractivity contribution is -0.141. The Labute approximate surface area is 189 Å². The van der Waals surface area contributed by atoms with Crippen molar-refractivity contribution in [2.75, 3.05) is 13.1 Å². The highest BCUT2D eigenvalue weighted by molar-refractivity contribution is 5.87. The smallest absolute Gasteiger partial charge is 0.330 e. The third-order valence-electron chi connectivity index (χ3n) is 7.71. The molecule has 0 radical (unpaired) electrons. The van der Waals surface area contributed by atoms with E-state index >= 15 is 0 Å². The molecule has 0 spiro atoms. The topological polar surface area (TPSA) is 93.7 Å². The summed E-state index contributed by atoms with van der Waals surface area (Å²) in [5.74, 6) is 0.101. The van der Waals surface area contributed by atoms with E-state index in [1.165, 1.54) is 12.1 Å². The fourth-order valence-electron chi connectivity index (χ4n) is 5.92. The minimum atomic E-state index is -4.40. The van der Waals surface area contributed by atoms with Gasteiger partial charge in [0, 0.05) is 25.2 Å². The van der Waals surface area contributed by atoms with Gasteiger partial charge in [0.15, 0.2) is 0 Å². The summed E-state index contributed by atoms with van der Waals surface area (Å²) in [5.41, 5.74) is 6.16. The molecule has 1 aromatic carbocycles. The maximum absolute atomic E-state index is 13.1. The Morgan fingerprint density at radius 1 is 1.24 bits per heavy atom. The summed E-state index contributed by atoms with van der Waals surface area (Å²) in [5, 5.41) is 9.34. The standard InChI is InChI=1S/C23H26F3N5O2/c1-12(13-2-4-15(5-3-13)23(24,25)26)30-17-8-20(22(30)33)29(10-17)11-18(28)21(32)31-16(9-27)6-14-7-19(14)31/h2-5,12,14,16-20H,6-8,10-11,28H2,1H3/t12-,14?,16-,17?,18?,19?,20?/m0/s1. The highest BCUT2D eigenvalue weighted by Gasteiger charge is 2.56. The quantitative estimate of drug-likeness (QED) is 0.723. The van der Waals surface area contributed by atoms with Crippen molar-refractivity contribution in [2.45, 2.75) is 68.6 Å². The molecule has 0 aromatic heterocycles. The predicted molar refractivity (Wildman–Crippen MR) is 111 cm³/mol. The number of piperidine rings is 1. The molecule has 2 amide bonds. The summed E-state index contributed by atoms with van der Waals surface area (Å²) < 4.78 is 38.6. The second-order valence-electron chi connectivity index (χ2n) is 9.70. The van der Waals surface area contributed by atoms with E-state index in [2.05, 4.69) is 6.07 Å². The molecule has 10 heteroatoms. The molecule has 1 aromatic rings. The molecule has 1 aliphatic carbocycles. The SMILES string of the molecule is C[C@@H](c1ccc(C(F)(F)F)cc1)N1C(=O)C2CC1CN2CC(N)C(=O)N1C2CC2C[C@H]1C#N. The van der Waals surface area contributed by atoms with Gasteiger partial charge in [0.25, 0.3) is 0 Å². The van der Waals surface area contributed by atoms with Crippen LogP contribution in [0.2, 0.25) is 0 Å². The van der Waals surface area contributed by atoms with Crippen LogP contribution in [0.4, 0.5) is 13.2 Å². The molecule has 4 aliphatic rings. The first-order valence-corrected chi connectivity index (χ1v) is 11.3. The first-order valence-electron chi connectivity index (χ1n) is 11.3. The van der Waals surface area contributed by atoms with Crippen LogP contribution in [-0.2, 0) is 15.8 Å². The normalized spacial score (nSPS) is 32.6. The molecule has 5 rings (SSSR count). The zero-order chi connectivity index (χ0) is 23.7. The number of nitrogens with zero attached hydrogens (tertiary/aromatic N) is 4. The van der Waals surface area contributed by atoms with Crippen LogP contribution in [0.5, 0.6) is 0 Å². The number of carbonyl (C=O) groups excluding carboxylic acids is 2. The predicted octanol–water partition coefficient (Wildman–Crippen LogP) is 1.89. The lowest BCUT2D eigenvalue weighted by Crippen LogP contribution is -2.57. The van der Waals surface area contributed by atoms with Crippen LogP contribution >= 0.6 is 0 Å². The second kappa shape index (κ2) is 7.71. The van der Waals surface area contributed by atoms with Gasteiger partial charge in [0.1, 0.15) is 6.04 Å². The van der Waals surface area contributed by atoms with Crippen molar-refractivity contribution in [1.82, 2.24) is 14.7 Å². The van der Waals surface area contributed by atoms with Crippen molar-refractivity contribution in [3.63, 3.8) is 0 Å². The average molecular weight is 461 g/mol. The van der Waals surface area contributed by atoms with Crippen LogP contribution in [0.15, 0.2) is 24.3 Å². The molecule has 3 saturated heterocycles. The van der Waals surface area contributed by atoms with Gasteiger partial charge >= 0.3 is 6.18 Å². The summed E-state index contributed by atoms with van der Waals surface area (Å²) in [6, 6.07) is 5.23. The first kappa shape index (κ1) is 22.2. The Balaban J connectivity index is 1.22. The molecule has 2 N–H and O–H groups in total. The Kier molecular flexibility index (Phi) is 5.18. The maximum Gasteiger partial charge on any atom is 0.416 e. The van der Waals surface area contributed by atoms with Gasteiger partial charge in [-0.2, -0.15) is 18.4 Å². The lowest BCUT2D eigenvalue weighted by Gasteiger charge is -2.38. The van der Waals surface area contributed by atoms with E-state index in [-0.39, 0.29) is 42.5 Å². The molecule has 4 fully saturated rings. The van der Waals surface area contributed by atoms with E-state index < -0.39 is 23.8 Å². The molecule has 33 heavy (non-hydrogen) atoms. The Morgan fingerprint density at radius 2 is 1.94 bits per heavy atom. The summed E-state index contributed by atoms with van der Waals surface area (Å²) in [6.07, 6.45) is -2.15. The van der Waals surface area contributed by atoms with Gasteiger partial charge < -0.3 is 15.5 Å². The Hall–Kier alpha value is -2.64. The van der Waals surface area contributed by atoms with Gasteiger partial charge in [-0.05, 0) is 49.8 Å². The molecule has 3 aliphatic heterocycles. The molecule has 176 valence electrons. The highest BCUT2D eigenvalue weighted by Crippen LogP contribution is 2.48. The van der Waals surface area contributed by atoms with Gasteiger partial charge in [0.2, 0.25) is 11.8 Å². The molecular formula is C23H26F3N5O2. The van der Waals surface area contributed by atoms with Crippen molar-refractivity contribution in [2.24, 2.45) is 11.7 Å². The van der Waals surface area contributed by atoms with Crippen molar-refractivity contribution >= 4 is 11.8 Å². The van der Waals surface area contributed by atoms with Gasteiger partial charge in [-0.15, -0.1) is 0 Å². The highest BCUT2D eigenvalue weighted by atomic mass is 19.4. The number of amides is 2. The Bertz CT molecular complexity index is 1010. The molecule has 1 saturated carbocycles. The van der Waals surface area contributed by atoms with Crippen molar-refractivity contribution in [3.8, 4) is 6.07 Å². The lowest BCUT2D eigenvalue weighted by atomic mass is 10.0. The average Bonchev–Trinajstić information content (AvgIpc) is 3.11. The number of hydrogen-bond donors (Lipinski definition) is 1. The van der Waals surface area contributed by atoms with Crippen LogP contribution in [-0.4, -0.2) is 69.8 Å². The minimum absolute atomic E-state index is 0.0754. The van der Waals surface area contributed by atoms with Gasteiger partial charge in [-0.25, -0.2) is 0 Å². The number of carbonyl (C=O) groups is 2. The largest absolute Gasteiger partial charge is 0.416 e. The fraction of sp³-hybridized carbons (Fsp3) is 0.609. The number of rotatable bonds is 5. The number of nitriles is 1. The molecule has 7 atom stereocenters. The summed E-state index contributed by atoms with van der Waals surface area (Å²) in [7, 11) is 0. The van der Waals surface area contributed by atoms with Crippen molar-refractivity contribution in [3.05, 3.63) is 35.4 Å². The molecule has 3 heterocycles. The van der Waals surface area contributed by atoms with Crippen LogP contribution in [0.3, 0.4) is 0 Å². The van der Waals surface area contributed by atoms with Gasteiger partial charge in [0.05, 0.1) is 29.8 Å². The second-order valence-corrected chi connectivity index (χ2v) is 9.70. The monoisotopic (exact) mass is 461 g/mol. The number of halogens is 3. The zero-order valence-electron chi connectivity index (χ0n) is 18.2. The third kappa shape index (κ3) is 3.67. The van der Waals surface area contributed by atoms with Crippen molar-refractivity contribution < 1.29 is 22.8 Å². The van der Waals surface area contributed by atoms with Crippen LogP contribution in [0.1, 0.15) is 43.4 Å². The summed E-state index contributed by atoms with van der Waals surface area (Å²) >= 11 is 0. The maximum atomic E-state index is 13.1. The molecule has 7 nitrogen and oxygen atoms in total. The number of fused-ring (bicyclic) bond motifs is 3. The van der Waals surface area contributed by atoms with Crippen LogP contribution in [0.25, 0.3) is 0 Å². The van der Waals surface area contributed by atoms with E-state index in [0.717, 1.165) is 18.6 Å². The van der Waals surface area contributed by atoms with Crippen molar-refractivity contribution in [1.29, 1.82) is 5.26 Å². The van der Waals surface area contributed by atoms with Gasteiger partial charge in [-0.3, -0.25) is 14.5 Å². The molecular weight excluding hydrogens is 435 g/mol. The fourth-order valence-corrected chi connectivity index (χ4v) is 5.92. The molecule has 2 bridgehead atoms. The van der Waals surface area contributed by atoms with E-state index in [9.17, 15) is 28.0 Å². The zero-order valence-corrected chi connectivity index (χ0v) is 18.2. The Morgan fingerprint density at radius 3 is 2.55 bits per heavy atom. The van der Waals surface area contributed by atoms with E-state index in [1.807, 2.05) is 11.8 Å². The number of nitrogens with two attached hydrogens (primary N) is 1. The number of alkyl halides is 3. The van der Waals surface area contributed by atoms with E-state index in [4.69, 9.17) is 5.73 Å². The molecule has 5 unspecified atom stereocenters. The number of benzene rings is 1. The van der Waals surface area contributed by atoms with E-state index in [0.29, 0.717) is 30.9 Å². The van der Waals surface area contributed by atoms with E-state index in [1.54, 1.807) is 9.80 Å². The van der Waals surface area contributed by atoms with Crippen LogP contribution in [0, 0.1) is 17.2 Å². The first-order chi connectivity index (χ1) is 15.6. The van der Waals surface area contributed by atoms with Gasteiger partial charge in [-0.1, -0.05) is 12.1 Å². The summed E-state index contributed by atoms with van der Waals surface area (Å²) in [6.45, 7) is 2.64.